The third-order valence-electron chi connectivity index (χ3n) is 0.598. The molecule has 9 heteroatoms. The van der Waals surface area contributed by atoms with Crippen LogP contribution in [-0.4, -0.2) is 29.9 Å². The predicted octanol–water partition coefficient (Wildman–Crippen LogP) is -1.41. The summed E-state index contributed by atoms with van der Waals surface area (Å²) in [4.78, 5) is 30.1. The summed E-state index contributed by atoms with van der Waals surface area (Å²) in [5.41, 5.74) is 8.82. The highest BCUT2D eigenvalue weighted by atomic mass is 16.9. The second kappa shape index (κ2) is 4.77. The highest BCUT2D eigenvalue weighted by molar-refractivity contribution is 5.79. The molecule has 0 aromatic heterocycles. The molecule has 0 aromatic rings. The van der Waals surface area contributed by atoms with E-state index in [1.165, 1.54) is 0 Å². The third kappa shape index (κ3) is 6.37. The van der Waals surface area contributed by atoms with Crippen molar-refractivity contribution in [3.05, 3.63) is 0 Å². The number of hydrogen-bond donors (Lipinski definition) is 3. The van der Waals surface area contributed by atoms with E-state index in [-0.39, 0.29) is 0 Å². The van der Waals surface area contributed by atoms with Gasteiger partial charge in [-0.1, -0.05) is 0 Å². The first-order valence-electron chi connectivity index (χ1n) is 2.74. The van der Waals surface area contributed by atoms with Crippen LogP contribution in [0.5, 0.6) is 0 Å². The van der Waals surface area contributed by atoms with E-state index in [2.05, 4.69) is 25.7 Å². The predicted molar refractivity (Wildman–Crippen MR) is 33.8 cm³/mol. The SMILES string of the molecule is NC(=O)OC(=O)OC(O)OC(N)=O. The van der Waals surface area contributed by atoms with Gasteiger partial charge in [0.05, 0.1) is 0 Å². The van der Waals surface area contributed by atoms with Gasteiger partial charge in [0, 0.05) is 0 Å². The van der Waals surface area contributed by atoms with E-state index in [4.69, 9.17) is 5.11 Å². The van der Waals surface area contributed by atoms with E-state index in [1.54, 1.807) is 0 Å². The maximum atomic E-state index is 10.3. The number of hydrogen-bond acceptors (Lipinski definition) is 7. The Bertz CT molecular complexity index is 227. The summed E-state index contributed by atoms with van der Waals surface area (Å²) in [6.45, 7) is -2.25. The number of primary amides is 2. The lowest BCUT2D eigenvalue weighted by atomic mass is 11.1. The topological polar surface area (TPSA) is 151 Å². The lowest BCUT2D eigenvalue weighted by Crippen LogP contribution is -2.29. The molecular weight excluding hydrogens is 188 g/mol. The molecule has 0 spiro atoms. The van der Waals surface area contributed by atoms with Gasteiger partial charge >= 0.3 is 24.8 Å². The lowest BCUT2D eigenvalue weighted by Gasteiger charge is -2.08. The van der Waals surface area contributed by atoms with Crippen molar-refractivity contribution >= 4 is 18.3 Å². The molecule has 9 nitrogen and oxygen atoms in total. The van der Waals surface area contributed by atoms with Gasteiger partial charge in [-0.05, 0) is 0 Å². The van der Waals surface area contributed by atoms with Gasteiger partial charge in [-0.3, -0.25) is 0 Å². The van der Waals surface area contributed by atoms with Crippen LogP contribution in [-0.2, 0) is 14.2 Å². The first kappa shape index (κ1) is 11.0. The molecule has 0 saturated heterocycles. The van der Waals surface area contributed by atoms with Crippen molar-refractivity contribution < 1.29 is 33.7 Å². The Balaban J connectivity index is 3.78. The standard InChI is InChI=1S/C4H6N2O7/c5-1(7)11-3(9)13-4(10)12-2(6)8/h3,9H,(H2,5,7)(H2,6,8). The van der Waals surface area contributed by atoms with Crippen LogP contribution in [0.25, 0.3) is 0 Å². The minimum absolute atomic E-state index is 1.38. The van der Waals surface area contributed by atoms with Gasteiger partial charge in [0.25, 0.3) is 0 Å². The van der Waals surface area contributed by atoms with Crippen molar-refractivity contribution in [2.45, 2.75) is 6.48 Å². The molecule has 0 aliphatic rings. The molecule has 0 bridgehead atoms. The average Bonchev–Trinajstić information content (AvgIpc) is 1.80. The van der Waals surface area contributed by atoms with Crippen LogP contribution in [0, 0.1) is 0 Å². The van der Waals surface area contributed by atoms with E-state index in [1.807, 2.05) is 0 Å². The zero-order chi connectivity index (χ0) is 10.4. The largest absolute Gasteiger partial charge is 0.522 e. The maximum Gasteiger partial charge on any atom is 0.522 e. The molecule has 0 aromatic carbocycles. The maximum absolute atomic E-state index is 10.3. The molecule has 0 fully saturated rings. The second-order valence-corrected chi connectivity index (χ2v) is 1.53. The molecule has 13 heavy (non-hydrogen) atoms. The number of ether oxygens (including phenoxy) is 3. The molecule has 74 valence electrons. The van der Waals surface area contributed by atoms with Crippen molar-refractivity contribution in [3.63, 3.8) is 0 Å². The molecule has 1 unspecified atom stereocenters. The highest BCUT2D eigenvalue weighted by Crippen LogP contribution is 1.93. The molecule has 1 atom stereocenters. The van der Waals surface area contributed by atoms with Crippen LogP contribution < -0.4 is 11.5 Å². The summed E-state index contributed by atoms with van der Waals surface area (Å²) >= 11 is 0. The number of amides is 2. The molecule has 0 aliphatic heterocycles. The summed E-state index contributed by atoms with van der Waals surface area (Å²) in [5, 5.41) is 8.50. The van der Waals surface area contributed by atoms with Crippen molar-refractivity contribution in [2.24, 2.45) is 11.5 Å². The highest BCUT2D eigenvalue weighted by Gasteiger charge is 2.16. The van der Waals surface area contributed by atoms with Crippen molar-refractivity contribution in [1.29, 1.82) is 0 Å². The van der Waals surface area contributed by atoms with Gasteiger partial charge in [-0.15, -0.1) is 0 Å². The smallest absolute Gasteiger partial charge is 0.384 e. The van der Waals surface area contributed by atoms with Crippen LogP contribution in [0.4, 0.5) is 14.4 Å². The summed E-state index contributed by atoms with van der Waals surface area (Å²) < 4.78 is 11.1. The number of aliphatic hydroxyl groups excluding tert-OH is 1. The van der Waals surface area contributed by atoms with E-state index in [0.717, 1.165) is 0 Å². The summed E-state index contributed by atoms with van der Waals surface area (Å²) in [6, 6.07) is 0. The minimum atomic E-state index is -2.25. The average molecular weight is 194 g/mol. The fourth-order valence-corrected chi connectivity index (χ4v) is 0.312. The van der Waals surface area contributed by atoms with E-state index < -0.39 is 24.8 Å². The fourth-order valence-electron chi connectivity index (χ4n) is 0.312. The number of carbonyl (C=O) groups is 3. The third-order valence-corrected chi connectivity index (χ3v) is 0.598. The van der Waals surface area contributed by atoms with E-state index in [9.17, 15) is 14.4 Å². The van der Waals surface area contributed by atoms with Crippen molar-refractivity contribution in [3.8, 4) is 0 Å². The lowest BCUT2D eigenvalue weighted by molar-refractivity contribution is -0.204. The molecule has 0 rings (SSSR count). The van der Waals surface area contributed by atoms with Crippen LogP contribution >= 0.6 is 0 Å². The number of nitrogens with two attached hydrogens (primary N) is 2. The van der Waals surface area contributed by atoms with Crippen molar-refractivity contribution in [1.82, 2.24) is 0 Å². The molecule has 0 radical (unpaired) electrons. The first-order valence-corrected chi connectivity index (χ1v) is 2.74. The Hall–Kier alpha value is -2.03. The van der Waals surface area contributed by atoms with E-state index >= 15 is 0 Å². The normalized spacial score (nSPS) is 11.2. The quantitative estimate of drug-likeness (QED) is 0.277. The van der Waals surface area contributed by atoms with Gasteiger partial charge < -0.3 is 30.8 Å². The first-order chi connectivity index (χ1) is 5.91. The summed E-state index contributed by atoms with van der Waals surface area (Å²) in [6.07, 6.45) is -4.43. The molecule has 0 heterocycles. The fraction of sp³-hybridized carbons (Fsp3) is 0.250. The van der Waals surface area contributed by atoms with Crippen LogP contribution in [0.15, 0.2) is 0 Å². The monoisotopic (exact) mass is 194 g/mol. The zero-order valence-corrected chi connectivity index (χ0v) is 6.13. The minimum Gasteiger partial charge on any atom is -0.384 e. The second-order valence-electron chi connectivity index (χ2n) is 1.53. The van der Waals surface area contributed by atoms with Crippen molar-refractivity contribution in [2.75, 3.05) is 0 Å². The Labute approximate surface area is 71.1 Å². The zero-order valence-electron chi connectivity index (χ0n) is 6.13. The molecule has 5 N–H and O–H groups in total. The molecular formula is C4H6N2O7. The summed E-state index contributed by atoms with van der Waals surface area (Å²) in [7, 11) is 0. The van der Waals surface area contributed by atoms with Gasteiger partial charge in [-0.2, -0.15) is 0 Å². The van der Waals surface area contributed by atoms with Gasteiger partial charge in [-0.25, -0.2) is 14.4 Å². The number of aliphatic hydroxyl groups is 1. The number of rotatable bonds is 2. The Morgan fingerprint density at radius 3 is 2.00 bits per heavy atom. The van der Waals surface area contributed by atoms with Gasteiger partial charge in [0.1, 0.15) is 0 Å². The molecule has 0 aliphatic carbocycles. The van der Waals surface area contributed by atoms with Gasteiger partial charge in [0.2, 0.25) is 0 Å². The van der Waals surface area contributed by atoms with Crippen LogP contribution in [0.2, 0.25) is 0 Å². The molecule has 0 saturated carbocycles. The Morgan fingerprint density at radius 2 is 1.62 bits per heavy atom. The molecule has 2 amide bonds. The van der Waals surface area contributed by atoms with E-state index in [0.29, 0.717) is 0 Å². The Kier molecular flexibility index (Phi) is 4.02. The van der Waals surface area contributed by atoms with Crippen LogP contribution in [0.1, 0.15) is 0 Å². The van der Waals surface area contributed by atoms with Crippen LogP contribution in [0.3, 0.4) is 0 Å². The summed E-state index contributed by atoms with van der Waals surface area (Å²) in [5.74, 6) is 0. The number of carbonyl (C=O) groups excluding carboxylic acids is 3. The van der Waals surface area contributed by atoms with Gasteiger partial charge in [0.15, 0.2) is 0 Å². The Morgan fingerprint density at radius 1 is 1.08 bits per heavy atom.